The number of hydrogen-bond acceptors (Lipinski definition) is 3. The van der Waals surface area contributed by atoms with E-state index in [0.717, 1.165) is 24.9 Å². The van der Waals surface area contributed by atoms with Crippen molar-refractivity contribution >= 4 is 5.97 Å². The van der Waals surface area contributed by atoms with E-state index in [1.54, 1.807) is 0 Å². The van der Waals surface area contributed by atoms with Crippen LogP contribution >= 0.6 is 0 Å². The van der Waals surface area contributed by atoms with E-state index in [4.69, 9.17) is 4.74 Å². The van der Waals surface area contributed by atoms with Crippen molar-refractivity contribution in [2.24, 2.45) is 0 Å². The first-order valence-corrected chi connectivity index (χ1v) is 6.51. The quantitative estimate of drug-likeness (QED) is 0.788. The molecule has 0 saturated carbocycles. The maximum Gasteiger partial charge on any atom is 0.330 e. The number of carbonyl (C=O) groups excluding carboxylic acids is 1. The number of hydrogen-bond donors (Lipinski definition) is 1. The first kappa shape index (κ1) is 14.7. The molecule has 0 aliphatic rings. The molecule has 0 fully saturated rings. The zero-order chi connectivity index (χ0) is 13.6. The molecule has 1 atom stereocenters. The molecule has 18 heavy (non-hydrogen) atoms. The van der Waals surface area contributed by atoms with Crippen LogP contribution in [0.3, 0.4) is 0 Å². The van der Waals surface area contributed by atoms with Crippen LogP contribution in [0.2, 0.25) is 0 Å². The lowest BCUT2D eigenvalue weighted by Gasteiger charge is -2.28. The molecular weight excluding hydrogens is 226 g/mol. The Kier molecular flexibility index (Phi) is 5.35. The number of nitrogens with one attached hydrogen (secondary N) is 1. The fourth-order valence-corrected chi connectivity index (χ4v) is 1.94. The number of carbonyl (C=O) groups is 1. The fourth-order valence-electron chi connectivity index (χ4n) is 1.94. The minimum atomic E-state index is -0.767. The van der Waals surface area contributed by atoms with Gasteiger partial charge in [0.15, 0.2) is 0 Å². The maximum absolute atomic E-state index is 12.0. The predicted molar refractivity (Wildman–Crippen MR) is 73.5 cm³/mol. The van der Waals surface area contributed by atoms with Crippen LogP contribution in [0.15, 0.2) is 24.3 Å². The van der Waals surface area contributed by atoms with Gasteiger partial charge in [-0.3, -0.25) is 5.32 Å². The van der Waals surface area contributed by atoms with Crippen LogP contribution in [0.1, 0.15) is 38.3 Å². The molecule has 1 unspecified atom stereocenters. The molecule has 0 aromatic heterocycles. The number of rotatable bonds is 6. The third kappa shape index (κ3) is 3.10. The minimum Gasteiger partial charge on any atom is -0.467 e. The van der Waals surface area contributed by atoms with E-state index in [-0.39, 0.29) is 5.97 Å². The smallest absolute Gasteiger partial charge is 0.330 e. The Morgan fingerprint density at radius 1 is 1.28 bits per heavy atom. The molecule has 3 heteroatoms. The summed E-state index contributed by atoms with van der Waals surface area (Å²) < 4.78 is 4.92. The van der Waals surface area contributed by atoms with Gasteiger partial charge in [0, 0.05) is 0 Å². The Bertz CT molecular complexity index is 386. The van der Waals surface area contributed by atoms with E-state index in [1.165, 1.54) is 12.7 Å². The van der Waals surface area contributed by atoms with E-state index >= 15 is 0 Å². The molecule has 0 radical (unpaired) electrons. The molecular formula is C15H23NO2. The minimum absolute atomic E-state index is 0.250. The van der Waals surface area contributed by atoms with Crippen molar-refractivity contribution in [3.8, 4) is 0 Å². The van der Waals surface area contributed by atoms with Crippen LogP contribution in [0.5, 0.6) is 0 Å². The van der Waals surface area contributed by atoms with Crippen LogP contribution < -0.4 is 5.32 Å². The molecule has 3 nitrogen and oxygen atoms in total. The summed E-state index contributed by atoms with van der Waals surface area (Å²) in [5.41, 5.74) is 1.44. The highest BCUT2D eigenvalue weighted by Gasteiger charge is 2.35. The van der Waals surface area contributed by atoms with Crippen LogP contribution in [0, 0.1) is 0 Å². The first-order chi connectivity index (χ1) is 8.58. The number of ether oxygens (including phenoxy) is 1. The summed E-state index contributed by atoms with van der Waals surface area (Å²) in [6, 6.07) is 8.12. The normalized spacial score (nSPS) is 14.0. The van der Waals surface area contributed by atoms with E-state index < -0.39 is 5.54 Å². The molecule has 0 amide bonds. The molecule has 0 spiro atoms. The Labute approximate surface area is 110 Å². The monoisotopic (exact) mass is 249 g/mol. The third-order valence-corrected chi connectivity index (χ3v) is 3.26. The van der Waals surface area contributed by atoms with Gasteiger partial charge in [-0.25, -0.2) is 4.79 Å². The first-order valence-electron chi connectivity index (χ1n) is 6.51. The van der Waals surface area contributed by atoms with Crippen molar-refractivity contribution in [2.45, 2.75) is 39.2 Å². The summed E-state index contributed by atoms with van der Waals surface area (Å²) in [4.78, 5) is 12.0. The second-order valence-corrected chi connectivity index (χ2v) is 4.59. The summed E-state index contributed by atoms with van der Waals surface area (Å²) in [6.45, 7) is 6.84. The Balaban J connectivity index is 3.04. The third-order valence-electron chi connectivity index (χ3n) is 3.26. The number of benzene rings is 1. The van der Waals surface area contributed by atoms with Crippen LogP contribution in [0.25, 0.3) is 0 Å². The highest BCUT2D eigenvalue weighted by atomic mass is 16.5. The van der Waals surface area contributed by atoms with Gasteiger partial charge in [0.1, 0.15) is 5.54 Å². The van der Waals surface area contributed by atoms with Crippen molar-refractivity contribution in [3.63, 3.8) is 0 Å². The SMILES string of the molecule is CCCNC(C)(C(=O)OC)c1ccc(CC)cc1. The Morgan fingerprint density at radius 3 is 2.33 bits per heavy atom. The highest BCUT2D eigenvalue weighted by molar-refractivity contribution is 5.82. The van der Waals surface area contributed by atoms with Gasteiger partial charge in [-0.1, -0.05) is 38.1 Å². The van der Waals surface area contributed by atoms with Crippen molar-refractivity contribution < 1.29 is 9.53 Å². The van der Waals surface area contributed by atoms with Crippen LogP contribution in [-0.2, 0) is 21.5 Å². The molecule has 0 saturated heterocycles. The van der Waals surface area contributed by atoms with Crippen molar-refractivity contribution in [1.82, 2.24) is 5.32 Å². The van der Waals surface area contributed by atoms with E-state index in [9.17, 15) is 4.79 Å². The van der Waals surface area contributed by atoms with Gasteiger partial charge in [0.2, 0.25) is 0 Å². The fraction of sp³-hybridized carbons (Fsp3) is 0.533. The second kappa shape index (κ2) is 6.55. The van der Waals surface area contributed by atoms with E-state index in [0.29, 0.717) is 0 Å². The van der Waals surface area contributed by atoms with E-state index in [2.05, 4.69) is 31.3 Å². The molecule has 100 valence electrons. The molecule has 0 heterocycles. The number of methoxy groups -OCH3 is 1. The molecule has 1 rings (SSSR count). The predicted octanol–water partition coefficient (Wildman–Crippen LogP) is 2.64. The van der Waals surface area contributed by atoms with Crippen molar-refractivity contribution in [1.29, 1.82) is 0 Å². The Morgan fingerprint density at radius 2 is 1.89 bits per heavy atom. The van der Waals surface area contributed by atoms with Gasteiger partial charge in [0.25, 0.3) is 0 Å². The summed E-state index contributed by atoms with van der Waals surface area (Å²) in [7, 11) is 1.43. The lowest BCUT2D eigenvalue weighted by molar-refractivity contribution is -0.148. The van der Waals surface area contributed by atoms with Gasteiger partial charge in [-0.15, -0.1) is 0 Å². The summed E-state index contributed by atoms with van der Waals surface area (Å²) in [5, 5.41) is 3.28. The molecule has 1 N–H and O–H groups in total. The van der Waals surface area contributed by atoms with Gasteiger partial charge in [-0.2, -0.15) is 0 Å². The van der Waals surface area contributed by atoms with Gasteiger partial charge in [-0.05, 0) is 37.4 Å². The van der Waals surface area contributed by atoms with Gasteiger partial charge >= 0.3 is 5.97 Å². The molecule has 0 bridgehead atoms. The van der Waals surface area contributed by atoms with Gasteiger partial charge < -0.3 is 4.74 Å². The average Bonchev–Trinajstić information content (AvgIpc) is 2.43. The molecule has 0 aliphatic carbocycles. The lowest BCUT2D eigenvalue weighted by Crippen LogP contribution is -2.47. The summed E-state index contributed by atoms with van der Waals surface area (Å²) in [5.74, 6) is -0.250. The average molecular weight is 249 g/mol. The van der Waals surface area contributed by atoms with Crippen LogP contribution in [0.4, 0.5) is 0 Å². The number of aryl methyl sites for hydroxylation is 1. The molecule has 0 aliphatic heterocycles. The van der Waals surface area contributed by atoms with E-state index in [1.807, 2.05) is 19.1 Å². The molecule has 1 aromatic rings. The summed E-state index contributed by atoms with van der Waals surface area (Å²) in [6.07, 6.45) is 1.97. The second-order valence-electron chi connectivity index (χ2n) is 4.59. The Hall–Kier alpha value is -1.35. The highest BCUT2D eigenvalue weighted by Crippen LogP contribution is 2.23. The maximum atomic E-state index is 12.0. The lowest BCUT2D eigenvalue weighted by atomic mass is 9.91. The summed E-state index contributed by atoms with van der Waals surface area (Å²) >= 11 is 0. The standard InChI is InChI=1S/C15H23NO2/c1-5-11-16-15(3,14(17)18-4)13-9-7-12(6-2)8-10-13/h7-10,16H,5-6,11H2,1-4H3. The zero-order valence-electron chi connectivity index (χ0n) is 11.7. The van der Waals surface area contributed by atoms with Gasteiger partial charge in [0.05, 0.1) is 7.11 Å². The van der Waals surface area contributed by atoms with Crippen molar-refractivity contribution in [3.05, 3.63) is 35.4 Å². The zero-order valence-corrected chi connectivity index (χ0v) is 11.7. The molecule has 1 aromatic carbocycles. The van der Waals surface area contributed by atoms with Crippen LogP contribution in [-0.4, -0.2) is 19.6 Å². The largest absolute Gasteiger partial charge is 0.467 e. The topological polar surface area (TPSA) is 38.3 Å². The van der Waals surface area contributed by atoms with Crippen molar-refractivity contribution in [2.75, 3.05) is 13.7 Å². The number of esters is 1.